The number of aliphatic hydroxyl groups is 13. The molecule has 3 heterocycles. The lowest BCUT2D eigenvalue weighted by Crippen LogP contribution is -2.71. The maximum atomic E-state index is 12.7. The third-order valence-corrected chi connectivity index (χ3v) is 19.0. The van der Waals surface area contributed by atoms with Crippen molar-refractivity contribution in [3.63, 3.8) is 0 Å². The largest absolute Gasteiger partial charge is 0.394 e. The summed E-state index contributed by atoms with van der Waals surface area (Å²) < 4.78 is 37.9. The zero-order valence-electron chi connectivity index (χ0n) is 40.3. The van der Waals surface area contributed by atoms with E-state index in [4.69, 9.17) is 28.4 Å². The van der Waals surface area contributed by atoms with Crippen LogP contribution < -0.4 is 0 Å². The molecule has 0 spiro atoms. The van der Waals surface area contributed by atoms with Gasteiger partial charge in [-0.05, 0) is 117 Å². The first kappa shape index (κ1) is 53.8. The van der Waals surface area contributed by atoms with Gasteiger partial charge in [0.2, 0.25) is 0 Å². The average molecular weight is 963 g/mol. The number of rotatable bonds is 13. The van der Waals surface area contributed by atoms with Crippen LogP contribution in [0.5, 0.6) is 0 Å². The van der Waals surface area contributed by atoms with E-state index in [9.17, 15) is 66.4 Å². The van der Waals surface area contributed by atoms with Gasteiger partial charge in [-0.25, -0.2) is 0 Å². The van der Waals surface area contributed by atoms with Gasteiger partial charge in [0.25, 0.3) is 0 Å². The standard InChI is InChI=1S/C48H82O19/c1-20(2)23(51)11-15-48(9,67-42-38(61)35(58)32(55)26(18-49)64-42)22-10-14-46(7)30(22)24(52)16-28-45(6)13-12-29(53)44(4,5)40(45)25(17-47(28,46)8)63-43-39(36(59)33(56)27(19-50)65-43)66-41-37(60)34(57)31(54)21(3)62-41/h21-43,49-61H,1,10-19H2,2-9H3/t21-,22-,23-,24+,25-,26+,27+,28+,29-,30-,31-,32+,33+,34+,35-,36-,37+,38+,39+,40-,41-,42-,43+,45+,46+,47+,48-/m0/s1. The Balaban J connectivity index is 1.27. The Labute approximate surface area is 393 Å². The molecule has 27 atom stereocenters. The van der Waals surface area contributed by atoms with Crippen molar-refractivity contribution in [3.8, 4) is 0 Å². The highest BCUT2D eigenvalue weighted by atomic mass is 16.8. The fraction of sp³-hybridized carbons (Fsp3) is 0.958. The van der Waals surface area contributed by atoms with Crippen LogP contribution >= 0.6 is 0 Å². The molecule has 0 unspecified atom stereocenters. The zero-order chi connectivity index (χ0) is 49.7. The van der Waals surface area contributed by atoms with Crippen molar-refractivity contribution in [1.29, 1.82) is 0 Å². The van der Waals surface area contributed by atoms with Gasteiger partial charge in [0.15, 0.2) is 18.9 Å². The molecule has 3 saturated heterocycles. The Kier molecular flexibility index (Phi) is 15.6. The molecule has 4 saturated carbocycles. The van der Waals surface area contributed by atoms with E-state index in [1.807, 2.05) is 20.8 Å². The second-order valence-corrected chi connectivity index (χ2v) is 23.1. The molecular formula is C48H82O19. The molecular weight excluding hydrogens is 881 g/mol. The molecule has 0 amide bonds. The molecule has 3 aliphatic heterocycles. The predicted molar refractivity (Wildman–Crippen MR) is 235 cm³/mol. The van der Waals surface area contributed by atoms with Crippen molar-refractivity contribution in [2.75, 3.05) is 13.2 Å². The Morgan fingerprint density at radius 2 is 1.30 bits per heavy atom. The summed E-state index contributed by atoms with van der Waals surface area (Å²) in [6, 6.07) is 0. The van der Waals surface area contributed by atoms with Gasteiger partial charge in [-0.1, -0.05) is 46.8 Å². The Morgan fingerprint density at radius 3 is 1.91 bits per heavy atom. The maximum Gasteiger partial charge on any atom is 0.187 e. The molecule has 0 radical (unpaired) electrons. The SMILES string of the molecule is C=C(C)[C@@H](O)CC[C@](C)(O[C@@H]1O[C@H](CO)[C@@H](O)[C@H](O)[C@H]1O)[C@H]1CC[C@]2(C)[C@@H]1[C@H](O)C[C@@H]1[C@@]3(C)CC[C@H](O)C(C)(C)[C@@H]3[C@@H](O[C@@H]3O[C@H](CO)[C@@H](O)[C@H](O)[C@H]3O[C@@H]3O[C@@H](C)[C@H](O)[C@@H](O)[C@H]3O)C[C@]12C. The van der Waals surface area contributed by atoms with Gasteiger partial charge >= 0.3 is 0 Å². The molecule has 7 rings (SSSR count). The lowest BCUT2D eigenvalue weighted by molar-refractivity contribution is -0.382. The fourth-order valence-corrected chi connectivity index (χ4v) is 14.9. The fourth-order valence-electron chi connectivity index (χ4n) is 14.9. The minimum atomic E-state index is -1.77. The number of hydrogen-bond donors (Lipinski definition) is 13. The average Bonchev–Trinajstić information content (AvgIpc) is 3.66. The molecule has 0 bridgehead atoms. The highest BCUT2D eigenvalue weighted by Crippen LogP contribution is 2.76. The number of fused-ring (bicyclic) bond motifs is 5. The van der Waals surface area contributed by atoms with Crippen LogP contribution in [0.25, 0.3) is 0 Å². The Hall–Kier alpha value is -1.02. The first-order chi connectivity index (χ1) is 31.1. The maximum absolute atomic E-state index is 12.7. The van der Waals surface area contributed by atoms with E-state index in [2.05, 4.69) is 27.4 Å². The van der Waals surface area contributed by atoms with Crippen LogP contribution in [0.3, 0.4) is 0 Å². The molecule has 67 heavy (non-hydrogen) atoms. The molecule has 388 valence electrons. The van der Waals surface area contributed by atoms with E-state index < -0.39 is 175 Å². The third kappa shape index (κ3) is 8.92. The molecule has 7 fully saturated rings. The first-order valence-corrected chi connectivity index (χ1v) is 24.4. The van der Waals surface area contributed by atoms with Crippen molar-refractivity contribution < 1.29 is 94.8 Å². The normalized spacial score (nSPS) is 53.4. The van der Waals surface area contributed by atoms with Crippen molar-refractivity contribution >= 4 is 0 Å². The number of ether oxygens (including phenoxy) is 6. The molecule has 7 aliphatic rings. The van der Waals surface area contributed by atoms with E-state index in [0.717, 1.165) is 0 Å². The summed E-state index contributed by atoms with van der Waals surface area (Å²) in [4.78, 5) is 0. The van der Waals surface area contributed by atoms with Crippen molar-refractivity contribution in [3.05, 3.63) is 12.2 Å². The summed E-state index contributed by atoms with van der Waals surface area (Å²) in [5.74, 6) is -1.42. The summed E-state index contributed by atoms with van der Waals surface area (Å²) in [5, 5.41) is 143. The van der Waals surface area contributed by atoms with E-state index in [0.29, 0.717) is 44.1 Å². The van der Waals surface area contributed by atoms with E-state index in [1.165, 1.54) is 6.92 Å². The summed E-state index contributed by atoms with van der Waals surface area (Å²) >= 11 is 0. The van der Waals surface area contributed by atoms with Crippen LogP contribution in [0.4, 0.5) is 0 Å². The summed E-state index contributed by atoms with van der Waals surface area (Å²) in [5.41, 5.74) is -3.37. The lowest BCUT2D eigenvalue weighted by Gasteiger charge is -2.72. The van der Waals surface area contributed by atoms with E-state index >= 15 is 0 Å². The van der Waals surface area contributed by atoms with Crippen molar-refractivity contribution in [2.24, 2.45) is 45.3 Å². The summed E-state index contributed by atoms with van der Waals surface area (Å²) in [6.45, 7) is 18.1. The molecule has 0 aromatic heterocycles. The van der Waals surface area contributed by atoms with Crippen LogP contribution in [0.1, 0.15) is 107 Å². The van der Waals surface area contributed by atoms with Gasteiger partial charge in [-0.2, -0.15) is 0 Å². The smallest absolute Gasteiger partial charge is 0.187 e. The van der Waals surface area contributed by atoms with Crippen LogP contribution in [-0.2, 0) is 28.4 Å². The molecule has 0 aromatic carbocycles. The van der Waals surface area contributed by atoms with Crippen LogP contribution in [0, 0.1) is 45.3 Å². The van der Waals surface area contributed by atoms with Crippen molar-refractivity contribution in [1.82, 2.24) is 0 Å². The van der Waals surface area contributed by atoms with Gasteiger partial charge in [-0.15, -0.1) is 0 Å². The lowest BCUT2D eigenvalue weighted by atomic mass is 9.34. The summed E-state index contributed by atoms with van der Waals surface area (Å²) in [7, 11) is 0. The van der Waals surface area contributed by atoms with Crippen molar-refractivity contribution in [2.45, 2.75) is 229 Å². The zero-order valence-corrected chi connectivity index (χ0v) is 40.3. The first-order valence-electron chi connectivity index (χ1n) is 24.4. The third-order valence-electron chi connectivity index (χ3n) is 19.0. The van der Waals surface area contributed by atoms with E-state index in [-0.39, 0.29) is 18.8 Å². The van der Waals surface area contributed by atoms with Gasteiger partial charge in [0.05, 0.1) is 49.3 Å². The Bertz CT molecular complexity index is 1720. The second-order valence-electron chi connectivity index (χ2n) is 23.1. The monoisotopic (exact) mass is 963 g/mol. The molecule has 4 aliphatic carbocycles. The highest BCUT2D eigenvalue weighted by molar-refractivity contribution is 5.22. The van der Waals surface area contributed by atoms with E-state index in [1.54, 1.807) is 6.92 Å². The minimum Gasteiger partial charge on any atom is -0.394 e. The van der Waals surface area contributed by atoms with Crippen LogP contribution in [-0.4, -0.2) is 202 Å². The highest BCUT2D eigenvalue weighted by Gasteiger charge is 2.74. The summed E-state index contributed by atoms with van der Waals surface area (Å²) in [6.07, 6.45) is -23.0. The minimum absolute atomic E-state index is 0.133. The van der Waals surface area contributed by atoms with Gasteiger partial charge in [0.1, 0.15) is 67.1 Å². The molecule has 13 N–H and O–H groups in total. The quantitative estimate of drug-likeness (QED) is 0.0773. The number of aliphatic hydroxyl groups excluding tert-OH is 13. The van der Waals surface area contributed by atoms with Crippen LogP contribution in [0.15, 0.2) is 12.2 Å². The van der Waals surface area contributed by atoms with Gasteiger partial charge in [0, 0.05) is 0 Å². The topological polar surface area (TPSA) is 318 Å². The second kappa shape index (κ2) is 19.4. The van der Waals surface area contributed by atoms with Crippen LogP contribution in [0.2, 0.25) is 0 Å². The van der Waals surface area contributed by atoms with Gasteiger partial charge < -0.3 is 94.8 Å². The molecule has 19 nitrogen and oxygen atoms in total. The molecule has 0 aromatic rings. The van der Waals surface area contributed by atoms with Gasteiger partial charge in [-0.3, -0.25) is 0 Å². The number of hydrogen-bond acceptors (Lipinski definition) is 19. The Morgan fingerprint density at radius 1 is 0.716 bits per heavy atom. The molecule has 19 heteroatoms. The predicted octanol–water partition coefficient (Wildman–Crippen LogP) is -1.06.